The van der Waals surface area contributed by atoms with Crippen molar-refractivity contribution in [2.45, 2.75) is 45.3 Å². The van der Waals surface area contributed by atoms with Crippen LogP contribution in [0.3, 0.4) is 0 Å². The topological polar surface area (TPSA) is 143 Å². The summed E-state index contributed by atoms with van der Waals surface area (Å²) in [5.74, 6) is -2.79. The number of nitrogens with one attached hydrogen (secondary N) is 1. The molecule has 2 aliphatic rings. The number of hydrogen-bond acceptors (Lipinski definition) is 7. The second-order valence-corrected chi connectivity index (χ2v) is 9.92. The predicted molar refractivity (Wildman–Crippen MR) is 123 cm³/mol. The molecular formula is C23H25F3N6O4. The van der Waals surface area contributed by atoms with Crippen molar-refractivity contribution in [3.05, 3.63) is 47.8 Å². The Bertz CT molecular complexity index is 1220. The summed E-state index contributed by atoms with van der Waals surface area (Å²) in [7, 11) is 0. The monoisotopic (exact) mass is 506 g/mol. The van der Waals surface area contributed by atoms with Gasteiger partial charge < -0.3 is 20.9 Å². The molecule has 2 heterocycles. The molecule has 10 nitrogen and oxygen atoms in total. The minimum absolute atomic E-state index is 0.0152. The van der Waals surface area contributed by atoms with Crippen LogP contribution in [0.1, 0.15) is 43.4 Å². The second-order valence-electron chi connectivity index (χ2n) is 9.92. The Balaban J connectivity index is 1.58. The fourth-order valence-electron chi connectivity index (χ4n) is 4.22. The Morgan fingerprint density at radius 2 is 1.97 bits per heavy atom. The minimum atomic E-state index is -3.07. The van der Waals surface area contributed by atoms with Gasteiger partial charge in [0.05, 0.1) is 18.1 Å². The van der Waals surface area contributed by atoms with Crippen LogP contribution >= 0.6 is 0 Å². The van der Waals surface area contributed by atoms with E-state index >= 15 is 0 Å². The molecule has 3 atom stereocenters. The van der Waals surface area contributed by atoms with Crippen LogP contribution in [0, 0.1) is 17.2 Å². The largest absolute Gasteiger partial charge is 0.465 e. The highest BCUT2D eigenvalue weighted by atomic mass is 19.3. The number of hydrogen-bond donors (Lipinski definition) is 3. The van der Waals surface area contributed by atoms with Crippen LogP contribution in [0.2, 0.25) is 0 Å². The van der Waals surface area contributed by atoms with Crippen molar-refractivity contribution in [1.82, 2.24) is 9.97 Å². The fraction of sp³-hybridized carbons (Fsp3) is 0.435. The van der Waals surface area contributed by atoms with Crippen molar-refractivity contribution in [2.24, 2.45) is 22.1 Å². The van der Waals surface area contributed by atoms with Crippen LogP contribution in [-0.4, -0.2) is 52.2 Å². The van der Waals surface area contributed by atoms with Gasteiger partial charge in [0.1, 0.15) is 11.9 Å². The van der Waals surface area contributed by atoms with Gasteiger partial charge in [0.2, 0.25) is 5.82 Å². The molecular weight excluding hydrogens is 481 g/mol. The van der Waals surface area contributed by atoms with Gasteiger partial charge in [-0.3, -0.25) is 9.69 Å². The molecule has 0 bridgehead atoms. The average molecular weight is 506 g/mol. The van der Waals surface area contributed by atoms with E-state index in [0.29, 0.717) is 0 Å². The number of aliphatic imine (C=N–C) groups is 1. The van der Waals surface area contributed by atoms with Crippen molar-refractivity contribution < 1.29 is 32.6 Å². The van der Waals surface area contributed by atoms with Gasteiger partial charge in [-0.1, -0.05) is 20.8 Å². The van der Waals surface area contributed by atoms with Crippen LogP contribution in [-0.2, 0) is 10.3 Å². The molecule has 13 heteroatoms. The molecule has 1 aromatic heterocycles. The summed E-state index contributed by atoms with van der Waals surface area (Å²) in [5.41, 5.74) is 2.78. The average Bonchev–Trinajstić information content (AvgIpc) is 3.57. The number of amidine groups is 1. The number of anilines is 2. The highest BCUT2D eigenvalue weighted by Crippen LogP contribution is 2.56. The molecule has 1 fully saturated rings. The molecule has 36 heavy (non-hydrogen) atoms. The van der Waals surface area contributed by atoms with Crippen molar-refractivity contribution in [3.63, 3.8) is 0 Å². The maximum Gasteiger partial charge on any atom is 0.411 e. The number of ether oxygens (including phenoxy) is 1. The number of carboxylic acid groups (broad SMARTS) is 1. The lowest BCUT2D eigenvalue weighted by Crippen LogP contribution is -2.43. The Morgan fingerprint density at radius 1 is 1.31 bits per heavy atom. The maximum absolute atomic E-state index is 14.8. The predicted octanol–water partition coefficient (Wildman–Crippen LogP) is 3.59. The van der Waals surface area contributed by atoms with Gasteiger partial charge in [-0.05, 0) is 30.0 Å². The van der Waals surface area contributed by atoms with Crippen LogP contribution in [0.25, 0.3) is 0 Å². The van der Waals surface area contributed by atoms with E-state index in [4.69, 9.17) is 10.5 Å². The highest BCUT2D eigenvalue weighted by Gasteiger charge is 2.64. The number of aromatic nitrogens is 2. The van der Waals surface area contributed by atoms with Gasteiger partial charge in [-0.25, -0.2) is 32.9 Å². The van der Waals surface area contributed by atoms with E-state index < -0.39 is 53.4 Å². The normalized spacial score (nSPS) is 22.8. The number of carbonyl (C=O) groups is 2. The molecule has 2 aromatic rings. The Hall–Kier alpha value is -3.90. The number of carbonyl (C=O) groups excluding carboxylic acids is 1. The number of fused-ring (bicyclic) bond motifs is 1. The van der Waals surface area contributed by atoms with Gasteiger partial charge in [0.25, 0.3) is 18.4 Å². The number of alkyl halides is 2. The number of nitrogens with zero attached hydrogens (tertiary/aromatic N) is 4. The van der Waals surface area contributed by atoms with Crippen LogP contribution in [0.5, 0.6) is 0 Å². The molecule has 1 aliphatic carbocycles. The van der Waals surface area contributed by atoms with Crippen molar-refractivity contribution in [1.29, 1.82) is 0 Å². The minimum Gasteiger partial charge on any atom is -0.465 e. The third-order valence-electron chi connectivity index (χ3n) is 5.87. The zero-order valence-corrected chi connectivity index (χ0v) is 19.7. The zero-order chi connectivity index (χ0) is 26.4. The van der Waals surface area contributed by atoms with Crippen molar-refractivity contribution in [3.8, 4) is 0 Å². The molecule has 1 aromatic carbocycles. The summed E-state index contributed by atoms with van der Waals surface area (Å²) in [4.78, 5) is 37.0. The molecule has 192 valence electrons. The molecule has 4 N–H and O–H groups in total. The van der Waals surface area contributed by atoms with Gasteiger partial charge in [0, 0.05) is 23.7 Å². The second kappa shape index (κ2) is 8.95. The van der Waals surface area contributed by atoms with E-state index in [1.165, 1.54) is 18.5 Å². The zero-order valence-electron chi connectivity index (χ0n) is 19.7. The summed E-state index contributed by atoms with van der Waals surface area (Å²) in [6.45, 7) is 5.76. The number of halogens is 3. The molecule has 0 unspecified atom stereocenters. The molecule has 4 rings (SSSR count). The number of benzene rings is 1. The first kappa shape index (κ1) is 25.2. The Morgan fingerprint density at radius 3 is 2.56 bits per heavy atom. The third-order valence-corrected chi connectivity index (χ3v) is 5.87. The molecule has 0 radical (unpaired) electrons. The summed E-state index contributed by atoms with van der Waals surface area (Å²) in [6, 6.07) is 2.80. The van der Waals surface area contributed by atoms with E-state index in [1.54, 1.807) is 0 Å². The van der Waals surface area contributed by atoms with E-state index in [1.807, 2.05) is 20.8 Å². The van der Waals surface area contributed by atoms with Gasteiger partial charge in [-0.2, -0.15) is 0 Å². The summed E-state index contributed by atoms with van der Waals surface area (Å²) >= 11 is 0. The van der Waals surface area contributed by atoms with Gasteiger partial charge in [0.15, 0.2) is 5.54 Å². The summed E-state index contributed by atoms with van der Waals surface area (Å²) < 4.78 is 48.5. The highest BCUT2D eigenvalue weighted by molar-refractivity contribution is 6.01. The van der Waals surface area contributed by atoms with Gasteiger partial charge in [-0.15, -0.1) is 0 Å². The molecule has 0 spiro atoms. The smallest absolute Gasteiger partial charge is 0.411 e. The lowest BCUT2D eigenvalue weighted by atomic mass is 9.84. The molecule has 1 saturated carbocycles. The Labute approximate surface area is 204 Å². The SMILES string of the molecule is CC(C)(C)CN(C(=O)O)c1cnc(C(=O)Nc2ccc(F)c([C@@]3(C(F)F)N=C(N)O[C@@H]4C[C@@H]43)c2)nc1. The maximum atomic E-state index is 14.8. The quantitative estimate of drug-likeness (QED) is 0.543. The van der Waals surface area contributed by atoms with Gasteiger partial charge >= 0.3 is 6.09 Å². The van der Waals surface area contributed by atoms with Crippen molar-refractivity contribution in [2.75, 3.05) is 16.8 Å². The number of nitrogens with two attached hydrogens (primary N) is 1. The van der Waals surface area contributed by atoms with Crippen molar-refractivity contribution >= 4 is 29.4 Å². The van der Waals surface area contributed by atoms with Crippen LogP contribution in [0.4, 0.5) is 29.3 Å². The number of amides is 2. The summed E-state index contributed by atoms with van der Waals surface area (Å²) in [6.07, 6.45) is -2.23. The molecule has 1 aliphatic heterocycles. The standard InChI is InChI=1S/C23H25F3N6O4/c1-22(2,3)10-32(21(34)35)12-8-28-17(29-9-12)18(33)30-11-4-5-15(24)13(6-11)23(19(25)26)14-7-16(14)36-20(27)31-23/h4-6,8-9,14,16,19H,7,10H2,1-3H3,(H2,27,31)(H,30,33)(H,34,35)/t14-,16+,23+/m0/s1. The van der Waals surface area contributed by atoms with E-state index in [9.17, 15) is 27.9 Å². The van der Waals surface area contributed by atoms with E-state index in [0.717, 1.165) is 17.0 Å². The van der Waals surface area contributed by atoms with E-state index in [2.05, 4.69) is 20.3 Å². The first-order chi connectivity index (χ1) is 16.8. The summed E-state index contributed by atoms with van der Waals surface area (Å²) in [5, 5.41) is 12.0. The third kappa shape index (κ3) is 4.77. The molecule has 0 saturated heterocycles. The Kier molecular flexibility index (Phi) is 6.27. The van der Waals surface area contributed by atoms with E-state index in [-0.39, 0.29) is 35.6 Å². The first-order valence-corrected chi connectivity index (χ1v) is 11.1. The number of rotatable bonds is 6. The lowest BCUT2D eigenvalue weighted by molar-refractivity contribution is 0.0177. The lowest BCUT2D eigenvalue weighted by Gasteiger charge is -2.33. The van der Waals surface area contributed by atoms with Crippen LogP contribution < -0.4 is 16.0 Å². The molecule has 2 amide bonds. The fourth-order valence-corrected chi connectivity index (χ4v) is 4.22. The van der Waals surface area contributed by atoms with Crippen LogP contribution in [0.15, 0.2) is 35.6 Å². The first-order valence-electron chi connectivity index (χ1n) is 11.1.